The number of anilines is 2. The first-order valence-electron chi connectivity index (χ1n) is 15.4. The van der Waals surface area contributed by atoms with E-state index in [2.05, 4.69) is 10.0 Å². The SMILES string of the molecule is CCc1nc2ccc(N(Cc3ccccc3Cl)C(=O)c3cccs3)cc2c(=O)n1CC1CCN(c2ccccc2/C(N)=N/N)CC1. The van der Waals surface area contributed by atoms with E-state index < -0.39 is 0 Å². The number of halogens is 1. The second-order valence-electron chi connectivity index (χ2n) is 11.4. The first kappa shape index (κ1) is 31.3. The van der Waals surface area contributed by atoms with Crippen LogP contribution in [0.5, 0.6) is 0 Å². The topological polar surface area (TPSA) is 123 Å². The first-order chi connectivity index (χ1) is 22.4. The molecule has 0 aliphatic carbocycles. The molecule has 236 valence electrons. The number of benzene rings is 3. The van der Waals surface area contributed by atoms with Gasteiger partial charge in [-0.1, -0.05) is 54.9 Å². The van der Waals surface area contributed by atoms with Crippen molar-refractivity contribution in [2.45, 2.75) is 39.3 Å². The van der Waals surface area contributed by atoms with Crippen molar-refractivity contribution in [3.63, 3.8) is 0 Å². The number of nitrogens with two attached hydrogens (primary N) is 2. The Morgan fingerprint density at radius 2 is 1.83 bits per heavy atom. The lowest BCUT2D eigenvalue weighted by Crippen LogP contribution is -2.38. The minimum absolute atomic E-state index is 0.0929. The van der Waals surface area contributed by atoms with Gasteiger partial charge in [-0.15, -0.1) is 11.3 Å². The van der Waals surface area contributed by atoms with Gasteiger partial charge in [-0.3, -0.25) is 14.2 Å². The molecule has 3 aromatic carbocycles. The molecule has 6 rings (SSSR count). The zero-order chi connectivity index (χ0) is 32.2. The molecule has 2 aromatic heterocycles. The molecule has 1 aliphatic heterocycles. The number of rotatable bonds is 9. The molecule has 0 bridgehead atoms. The van der Waals surface area contributed by atoms with Crippen LogP contribution in [-0.2, 0) is 19.5 Å². The predicted molar refractivity (Wildman–Crippen MR) is 188 cm³/mol. The van der Waals surface area contributed by atoms with Crippen LogP contribution in [0.3, 0.4) is 0 Å². The van der Waals surface area contributed by atoms with Gasteiger partial charge in [0.15, 0.2) is 5.84 Å². The summed E-state index contributed by atoms with van der Waals surface area (Å²) in [6.45, 7) is 4.51. The molecule has 0 saturated carbocycles. The van der Waals surface area contributed by atoms with Gasteiger partial charge in [-0.05, 0) is 72.2 Å². The number of hydrogen-bond acceptors (Lipinski definition) is 7. The summed E-state index contributed by atoms with van der Waals surface area (Å²) in [4.78, 5) is 37.4. The largest absolute Gasteiger partial charge is 0.382 e. The Morgan fingerprint density at radius 3 is 2.54 bits per heavy atom. The highest BCUT2D eigenvalue weighted by molar-refractivity contribution is 7.12. The molecule has 9 nitrogen and oxygen atoms in total. The van der Waals surface area contributed by atoms with Crippen LogP contribution in [0.1, 0.15) is 46.4 Å². The van der Waals surface area contributed by atoms with Gasteiger partial charge in [0.2, 0.25) is 0 Å². The number of carbonyl (C=O) groups excluding carboxylic acids is 1. The van der Waals surface area contributed by atoms with Gasteiger partial charge in [0.1, 0.15) is 5.82 Å². The lowest BCUT2D eigenvalue weighted by molar-refractivity contribution is 0.0989. The number of hydrogen-bond donors (Lipinski definition) is 2. The van der Waals surface area contributed by atoms with Crippen LogP contribution in [0.2, 0.25) is 5.02 Å². The maximum absolute atomic E-state index is 14.2. The van der Waals surface area contributed by atoms with Crippen LogP contribution >= 0.6 is 22.9 Å². The van der Waals surface area contributed by atoms with Crippen LogP contribution in [0.4, 0.5) is 11.4 Å². The third kappa shape index (κ3) is 6.36. The molecule has 0 spiro atoms. The normalized spacial score (nSPS) is 14.1. The molecular formula is C35H36ClN7O2S. The number of para-hydroxylation sites is 1. The van der Waals surface area contributed by atoms with Gasteiger partial charge in [0.05, 0.1) is 22.3 Å². The fourth-order valence-corrected chi connectivity index (χ4v) is 7.01. The Morgan fingerprint density at radius 1 is 1.07 bits per heavy atom. The van der Waals surface area contributed by atoms with Crippen LogP contribution in [0, 0.1) is 5.92 Å². The second kappa shape index (κ2) is 13.8. The van der Waals surface area contributed by atoms with E-state index >= 15 is 0 Å². The number of amides is 1. The van der Waals surface area contributed by atoms with E-state index in [4.69, 9.17) is 28.2 Å². The molecule has 3 heterocycles. The summed E-state index contributed by atoms with van der Waals surface area (Å²) in [5.41, 5.74) is 9.86. The average molecular weight is 654 g/mol. The maximum atomic E-state index is 14.2. The minimum atomic E-state index is -0.152. The Bertz CT molecular complexity index is 1950. The molecule has 0 atom stereocenters. The monoisotopic (exact) mass is 653 g/mol. The van der Waals surface area contributed by atoms with E-state index in [1.165, 1.54) is 11.3 Å². The number of fused-ring (bicyclic) bond motifs is 1. The van der Waals surface area contributed by atoms with Crippen LogP contribution in [-0.4, -0.2) is 34.4 Å². The first-order valence-corrected chi connectivity index (χ1v) is 16.6. The van der Waals surface area contributed by atoms with Gasteiger partial charge in [-0.25, -0.2) is 4.98 Å². The molecule has 11 heteroatoms. The summed E-state index contributed by atoms with van der Waals surface area (Å²) >= 11 is 7.89. The third-order valence-corrected chi connectivity index (χ3v) is 9.85. The highest BCUT2D eigenvalue weighted by Gasteiger charge is 2.25. The van der Waals surface area contributed by atoms with Crippen molar-refractivity contribution in [2.75, 3.05) is 22.9 Å². The van der Waals surface area contributed by atoms with Crippen LogP contribution < -0.4 is 26.9 Å². The zero-order valence-corrected chi connectivity index (χ0v) is 27.2. The van der Waals surface area contributed by atoms with E-state index in [1.54, 1.807) is 17.0 Å². The van der Waals surface area contributed by atoms with Crippen molar-refractivity contribution in [3.05, 3.63) is 121 Å². The summed E-state index contributed by atoms with van der Waals surface area (Å²) in [6.07, 6.45) is 2.44. The van der Waals surface area contributed by atoms with Crippen LogP contribution in [0.25, 0.3) is 10.9 Å². The van der Waals surface area contributed by atoms with Crippen molar-refractivity contribution in [3.8, 4) is 0 Å². The summed E-state index contributed by atoms with van der Waals surface area (Å²) in [5.74, 6) is 6.69. The number of carbonyl (C=O) groups is 1. The maximum Gasteiger partial charge on any atom is 0.268 e. The van der Waals surface area contributed by atoms with Crippen molar-refractivity contribution < 1.29 is 4.79 Å². The van der Waals surface area contributed by atoms with Gasteiger partial charge < -0.3 is 21.4 Å². The van der Waals surface area contributed by atoms with Crippen molar-refractivity contribution in [2.24, 2.45) is 22.6 Å². The van der Waals surface area contributed by atoms with Crippen molar-refractivity contribution >= 4 is 57.0 Å². The Labute approximate surface area is 276 Å². The van der Waals surface area contributed by atoms with E-state index in [0.717, 1.165) is 48.6 Å². The highest BCUT2D eigenvalue weighted by Crippen LogP contribution is 2.29. The molecule has 0 radical (unpaired) electrons. The minimum Gasteiger partial charge on any atom is -0.382 e. The molecule has 1 fully saturated rings. The number of nitrogens with zero attached hydrogens (tertiary/aromatic N) is 5. The number of amidine groups is 1. The quantitative estimate of drug-likeness (QED) is 0.0869. The number of aryl methyl sites for hydroxylation is 1. The number of aromatic nitrogens is 2. The number of piperidine rings is 1. The lowest BCUT2D eigenvalue weighted by Gasteiger charge is -2.35. The predicted octanol–water partition coefficient (Wildman–Crippen LogP) is 6.02. The van der Waals surface area contributed by atoms with Gasteiger partial charge >= 0.3 is 0 Å². The summed E-state index contributed by atoms with van der Waals surface area (Å²) in [5, 5.41) is 6.64. The molecule has 1 aliphatic rings. The molecular weight excluding hydrogens is 618 g/mol. The smallest absolute Gasteiger partial charge is 0.268 e. The Hall–Kier alpha value is -4.67. The molecule has 1 amide bonds. The van der Waals surface area contributed by atoms with Crippen molar-refractivity contribution in [1.29, 1.82) is 0 Å². The number of hydrazone groups is 1. The molecule has 5 aromatic rings. The summed E-state index contributed by atoms with van der Waals surface area (Å²) < 4.78 is 1.83. The van der Waals surface area contributed by atoms with E-state index in [9.17, 15) is 9.59 Å². The van der Waals surface area contributed by atoms with E-state index in [0.29, 0.717) is 51.2 Å². The fraction of sp³-hybridized carbons (Fsp3) is 0.257. The van der Waals surface area contributed by atoms with Gasteiger partial charge in [0.25, 0.3) is 11.5 Å². The number of thiophene rings is 1. The summed E-state index contributed by atoms with van der Waals surface area (Å²) in [6, 6.07) is 24.5. The zero-order valence-electron chi connectivity index (χ0n) is 25.6. The van der Waals surface area contributed by atoms with E-state index in [-0.39, 0.29) is 18.0 Å². The molecule has 0 unspecified atom stereocenters. The third-order valence-electron chi connectivity index (χ3n) is 8.62. The molecule has 1 saturated heterocycles. The van der Waals surface area contributed by atoms with Crippen molar-refractivity contribution in [1.82, 2.24) is 9.55 Å². The molecule has 4 N–H and O–H groups in total. The highest BCUT2D eigenvalue weighted by atomic mass is 35.5. The lowest BCUT2D eigenvalue weighted by atomic mass is 9.95. The van der Waals surface area contributed by atoms with Gasteiger partial charge in [-0.2, -0.15) is 5.10 Å². The summed E-state index contributed by atoms with van der Waals surface area (Å²) in [7, 11) is 0. The van der Waals surface area contributed by atoms with E-state index in [1.807, 2.05) is 83.6 Å². The standard InChI is InChI=1S/C35H36ClN7O2S/c1-2-32-39-29-14-13-25(42(35(45)31-12-7-19-46-31)22-24-8-3-5-10-28(24)36)20-27(29)34(44)43(32)21-23-15-17-41(18-16-23)30-11-6-4-9-26(30)33(37)40-38/h3-14,19-20,23H,2,15-18,21-22,38H2,1H3,(H2,37,40). The Balaban J connectivity index is 1.29. The average Bonchev–Trinajstić information content (AvgIpc) is 3.64. The second-order valence-corrected chi connectivity index (χ2v) is 12.8. The van der Waals surface area contributed by atoms with Crippen LogP contribution in [0.15, 0.2) is 94.1 Å². The Kier molecular flexibility index (Phi) is 9.37. The molecule has 46 heavy (non-hydrogen) atoms. The fourth-order valence-electron chi connectivity index (χ4n) is 6.14. The van der Waals surface area contributed by atoms with Gasteiger partial charge in [0, 0.05) is 48.0 Å².